The van der Waals surface area contributed by atoms with Crippen molar-refractivity contribution >= 4 is 23.5 Å². The highest BCUT2D eigenvalue weighted by atomic mass is 35.5. The molecule has 1 aromatic carbocycles. The lowest BCUT2D eigenvalue weighted by molar-refractivity contribution is 0.814. The summed E-state index contributed by atoms with van der Waals surface area (Å²) in [5, 5.41) is 3.78. The molecule has 112 valence electrons. The van der Waals surface area contributed by atoms with Gasteiger partial charge in [-0.25, -0.2) is 0 Å². The van der Waals surface area contributed by atoms with E-state index >= 15 is 0 Å². The molecule has 6 heteroatoms. The molecule has 1 N–H and O–H groups in total. The normalized spacial score (nSPS) is 10.5. The van der Waals surface area contributed by atoms with Crippen molar-refractivity contribution < 1.29 is 0 Å². The van der Waals surface area contributed by atoms with Gasteiger partial charge in [0.25, 0.3) is 0 Å². The Morgan fingerprint density at radius 2 is 1.76 bits per heavy atom. The first kappa shape index (κ1) is 15.5. The lowest BCUT2D eigenvalue weighted by atomic mass is 10.2. The average molecular weight is 306 g/mol. The highest BCUT2D eigenvalue weighted by Gasteiger charge is 2.13. The van der Waals surface area contributed by atoms with Gasteiger partial charge < -0.3 is 10.2 Å². The summed E-state index contributed by atoms with van der Waals surface area (Å²) in [5.41, 5.74) is 0.814. The smallest absolute Gasteiger partial charge is 0.230 e. The maximum Gasteiger partial charge on any atom is 0.230 e. The van der Waals surface area contributed by atoms with E-state index in [1.807, 2.05) is 31.2 Å². The summed E-state index contributed by atoms with van der Waals surface area (Å²) in [5.74, 6) is 1.83. The van der Waals surface area contributed by atoms with Gasteiger partial charge in [0.15, 0.2) is 5.82 Å². The highest BCUT2D eigenvalue weighted by Crippen LogP contribution is 2.26. The Bertz CT molecular complexity index is 598. The number of nitrogens with one attached hydrogen (secondary N) is 1. The van der Waals surface area contributed by atoms with E-state index in [0.29, 0.717) is 22.7 Å². The second-order valence-corrected chi connectivity index (χ2v) is 4.87. The van der Waals surface area contributed by atoms with Crippen molar-refractivity contribution in [2.45, 2.75) is 20.8 Å². The van der Waals surface area contributed by atoms with E-state index in [0.717, 1.165) is 25.2 Å². The number of halogens is 1. The van der Waals surface area contributed by atoms with Crippen molar-refractivity contribution in [3.63, 3.8) is 0 Å². The molecule has 1 heterocycles. The summed E-state index contributed by atoms with van der Waals surface area (Å²) in [6.07, 6.45) is 0. The maximum absolute atomic E-state index is 6.25. The minimum absolute atomic E-state index is 0.573. The van der Waals surface area contributed by atoms with Gasteiger partial charge >= 0.3 is 0 Å². The van der Waals surface area contributed by atoms with Crippen LogP contribution in [0.15, 0.2) is 24.3 Å². The van der Waals surface area contributed by atoms with Crippen LogP contribution in [-0.2, 0) is 0 Å². The van der Waals surface area contributed by atoms with Gasteiger partial charge in [0.2, 0.25) is 11.9 Å². The van der Waals surface area contributed by atoms with Crippen LogP contribution in [0.3, 0.4) is 0 Å². The minimum Gasteiger partial charge on any atom is -0.354 e. The van der Waals surface area contributed by atoms with Gasteiger partial charge in [-0.2, -0.15) is 15.0 Å². The zero-order valence-corrected chi connectivity index (χ0v) is 13.4. The van der Waals surface area contributed by atoms with Crippen molar-refractivity contribution in [2.75, 3.05) is 29.9 Å². The van der Waals surface area contributed by atoms with E-state index < -0.39 is 0 Å². The lowest BCUT2D eigenvalue weighted by Crippen LogP contribution is -2.25. The van der Waals surface area contributed by atoms with Gasteiger partial charge in [-0.15, -0.1) is 0 Å². The van der Waals surface area contributed by atoms with Crippen LogP contribution in [0.4, 0.5) is 11.9 Å². The van der Waals surface area contributed by atoms with Crippen molar-refractivity contribution in [2.24, 2.45) is 0 Å². The second-order valence-electron chi connectivity index (χ2n) is 4.47. The number of rotatable bonds is 6. The summed E-state index contributed by atoms with van der Waals surface area (Å²) < 4.78 is 0. The Hall–Kier alpha value is -1.88. The summed E-state index contributed by atoms with van der Waals surface area (Å²) >= 11 is 6.25. The van der Waals surface area contributed by atoms with Gasteiger partial charge in [-0.05, 0) is 32.9 Å². The fourth-order valence-electron chi connectivity index (χ4n) is 2.01. The molecule has 0 aliphatic heterocycles. The molecule has 5 nitrogen and oxygen atoms in total. The molecular weight excluding hydrogens is 286 g/mol. The van der Waals surface area contributed by atoms with Crippen LogP contribution in [0, 0.1) is 0 Å². The number of hydrogen-bond donors (Lipinski definition) is 1. The number of hydrogen-bond acceptors (Lipinski definition) is 5. The first-order valence-corrected chi connectivity index (χ1v) is 7.57. The monoisotopic (exact) mass is 305 g/mol. The van der Waals surface area contributed by atoms with E-state index in [2.05, 4.69) is 39.0 Å². The molecule has 0 atom stereocenters. The molecule has 0 amide bonds. The molecular formula is C15H20ClN5. The lowest BCUT2D eigenvalue weighted by Gasteiger charge is -2.19. The maximum atomic E-state index is 6.25. The van der Waals surface area contributed by atoms with Crippen molar-refractivity contribution in [3.8, 4) is 11.4 Å². The first-order chi connectivity index (χ1) is 10.2. The standard InChI is InChI=1S/C15H20ClN5/c1-4-17-14-18-13(11-9-7-8-10-12(11)16)19-15(20-14)21(5-2)6-3/h7-10H,4-6H2,1-3H3,(H,17,18,19,20). The molecule has 0 unspecified atom stereocenters. The number of benzene rings is 1. The highest BCUT2D eigenvalue weighted by molar-refractivity contribution is 6.33. The molecule has 0 aliphatic carbocycles. The van der Waals surface area contributed by atoms with E-state index in [9.17, 15) is 0 Å². The van der Waals surface area contributed by atoms with Gasteiger partial charge in [-0.1, -0.05) is 23.7 Å². The molecule has 2 aromatic rings. The predicted molar refractivity (Wildman–Crippen MR) is 88.0 cm³/mol. The fourth-order valence-corrected chi connectivity index (χ4v) is 2.23. The Balaban J connectivity index is 2.52. The summed E-state index contributed by atoms with van der Waals surface area (Å²) in [4.78, 5) is 15.6. The molecule has 0 aliphatic rings. The third-order valence-corrected chi connectivity index (χ3v) is 3.45. The van der Waals surface area contributed by atoms with E-state index in [1.165, 1.54) is 0 Å². The van der Waals surface area contributed by atoms with Crippen LogP contribution in [-0.4, -0.2) is 34.6 Å². The van der Waals surface area contributed by atoms with Crippen LogP contribution in [0.1, 0.15) is 20.8 Å². The third kappa shape index (κ3) is 3.61. The fraction of sp³-hybridized carbons (Fsp3) is 0.400. The minimum atomic E-state index is 0.573. The molecule has 0 saturated carbocycles. The Kier molecular flexibility index (Phi) is 5.33. The SMILES string of the molecule is CCNc1nc(-c2ccccc2Cl)nc(N(CC)CC)n1. The Morgan fingerprint density at radius 3 is 2.38 bits per heavy atom. The van der Waals surface area contributed by atoms with Gasteiger partial charge in [0.1, 0.15) is 0 Å². The van der Waals surface area contributed by atoms with E-state index in [4.69, 9.17) is 11.6 Å². The Morgan fingerprint density at radius 1 is 1.05 bits per heavy atom. The van der Waals surface area contributed by atoms with Gasteiger partial charge in [-0.3, -0.25) is 0 Å². The predicted octanol–water partition coefficient (Wildman–Crippen LogP) is 3.47. The summed E-state index contributed by atoms with van der Waals surface area (Å²) in [7, 11) is 0. The third-order valence-electron chi connectivity index (χ3n) is 3.12. The molecule has 2 rings (SSSR count). The van der Waals surface area contributed by atoms with Crippen LogP contribution < -0.4 is 10.2 Å². The summed E-state index contributed by atoms with van der Waals surface area (Å²) in [6.45, 7) is 8.60. The topological polar surface area (TPSA) is 53.9 Å². The van der Waals surface area contributed by atoms with Crippen molar-refractivity contribution in [1.82, 2.24) is 15.0 Å². The number of anilines is 2. The average Bonchev–Trinajstić information content (AvgIpc) is 2.49. The van der Waals surface area contributed by atoms with Crippen LogP contribution >= 0.6 is 11.6 Å². The van der Waals surface area contributed by atoms with Gasteiger partial charge in [0, 0.05) is 25.2 Å². The van der Waals surface area contributed by atoms with Crippen LogP contribution in [0.25, 0.3) is 11.4 Å². The second kappa shape index (κ2) is 7.22. The summed E-state index contributed by atoms with van der Waals surface area (Å²) in [6, 6.07) is 7.57. The molecule has 0 radical (unpaired) electrons. The van der Waals surface area contributed by atoms with Gasteiger partial charge in [0.05, 0.1) is 5.02 Å². The first-order valence-electron chi connectivity index (χ1n) is 7.19. The van der Waals surface area contributed by atoms with Crippen molar-refractivity contribution in [3.05, 3.63) is 29.3 Å². The molecule has 1 aromatic heterocycles. The number of nitrogens with zero attached hydrogens (tertiary/aromatic N) is 4. The quantitative estimate of drug-likeness (QED) is 0.885. The van der Waals surface area contributed by atoms with E-state index in [-0.39, 0.29) is 0 Å². The number of aromatic nitrogens is 3. The molecule has 0 fully saturated rings. The Labute approximate surface area is 130 Å². The zero-order valence-electron chi connectivity index (χ0n) is 12.6. The molecule has 0 spiro atoms. The molecule has 0 bridgehead atoms. The molecule has 21 heavy (non-hydrogen) atoms. The van der Waals surface area contributed by atoms with Crippen LogP contribution in [0.5, 0.6) is 0 Å². The van der Waals surface area contributed by atoms with Crippen molar-refractivity contribution in [1.29, 1.82) is 0 Å². The van der Waals surface area contributed by atoms with Crippen LogP contribution in [0.2, 0.25) is 5.02 Å². The zero-order chi connectivity index (χ0) is 15.2. The van der Waals surface area contributed by atoms with E-state index in [1.54, 1.807) is 0 Å². The largest absolute Gasteiger partial charge is 0.354 e. The molecule has 0 saturated heterocycles.